The molecule has 40 heavy (non-hydrogen) atoms. The zero-order valence-corrected chi connectivity index (χ0v) is 22.8. The lowest BCUT2D eigenvalue weighted by Gasteiger charge is -2.71. The SMILES string of the molecule is CC1(O)CCC23COC(=O)C=C4CCOC5(CCC=CC(=O)OC6CC7OC2C1CC7(O)C63C)C4OC(O)C5O. The first kappa shape index (κ1) is 27.0. The summed E-state index contributed by atoms with van der Waals surface area (Å²) in [6.45, 7) is 3.79. The van der Waals surface area contributed by atoms with Gasteiger partial charge in [0.2, 0.25) is 0 Å². The van der Waals surface area contributed by atoms with Gasteiger partial charge < -0.3 is 44.1 Å². The Hall–Kier alpha value is -1.86. The Bertz CT molecular complexity index is 1180. The van der Waals surface area contributed by atoms with E-state index in [4.69, 9.17) is 23.7 Å². The van der Waals surface area contributed by atoms with Gasteiger partial charge in [-0.1, -0.05) is 13.0 Å². The summed E-state index contributed by atoms with van der Waals surface area (Å²) in [6, 6.07) is 0. The Kier molecular flexibility index (Phi) is 5.80. The minimum atomic E-state index is -1.49. The third kappa shape index (κ3) is 3.25. The summed E-state index contributed by atoms with van der Waals surface area (Å²) >= 11 is 0. The van der Waals surface area contributed by atoms with Crippen LogP contribution in [-0.2, 0) is 33.3 Å². The number of hydrogen-bond donors (Lipinski definition) is 4. The van der Waals surface area contributed by atoms with Crippen molar-refractivity contribution < 1.29 is 53.7 Å². The maximum Gasteiger partial charge on any atom is 0.330 e. The molecule has 8 aliphatic rings. The van der Waals surface area contributed by atoms with E-state index in [1.54, 1.807) is 13.0 Å². The summed E-state index contributed by atoms with van der Waals surface area (Å²) in [5.74, 6) is -1.57. The molecule has 0 aromatic heterocycles. The number of ether oxygens (including phenoxy) is 5. The second-order valence-electron chi connectivity index (χ2n) is 13.3. The molecule has 0 aromatic carbocycles. The number of carbonyl (C=O) groups is 2. The highest BCUT2D eigenvalue weighted by Crippen LogP contribution is 2.74. The molecule has 0 radical (unpaired) electrons. The van der Waals surface area contributed by atoms with E-state index in [2.05, 4.69) is 0 Å². The largest absolute Gasteiger partial charge is 0.462 e. The van der Waals surface area contributed by atoms with E-state index in [-0.39, 0.29) is 25.6 Å². The van der Waals surface area contributed by atoms with Crippen molar-refractivity contribution >= 4 is 11.9 Å². The standard InChI is InChI=1S/C29H38O11/c1-25(34)8-9-27-14-36-20(31)11-15-6-10-37-28(21(32)24(33)40-22(15)28)7-4-3-5-19(30)38-17-12-18-29(35,26(17,27)2)13-16(25)23(27)39-18/h3,5,11,16-18,21-24,32-35H,4,6-10,12-14H2,1-2H3. The molecule has 12 atom stereocenters. The van der Waals surface area contributed by atoms with Crippen LogP contribution in [0, 0.1) is 16.7 Å². The molecule has 0 amide bonds. The average Bonchev–Trinajstić information content (AvgIpc) is 3.24. The van der Waals surface area contributed by atoms with Crippen LogP contribution in [0.25, 0.3) is 0 Å². The maximum absolute atomic E-state index is 13.3. The van der Waals surface area contributed by atoms with Gasteiger partial charge in [-0.15, -0.1) is 0 Å². The van der Waals surface area contributed by atoms with Gasteiger partial charge in [-0.05, 0) is 51.0 Å². The van der Waals surface area contributed by atoms with Crippen molar-refractivity contribution in [2.75, 3.05) is 13.2 Å². The van der Waals surface area contributed by atoms with E-state index in [0.29, 0.717) is 44.1 Å². The third-order valence-corrected chi connectivity index (χ3v) is 11.7. The van der Waals surface area contributed by atoms with Gasteiger partial charge in [-0.2, -0.15) is 0 Å². The van der Waals surface area contributed by atoms with Gasteiger partial charge in [0.1, 0.15) is 36.1 Å². The van der Waals surface area contributed by atoms with E-state index in [1.165, 1.54) is 12.2 Å². The van der Waals surface area contributed by atoms with E-state index in [9.17, 15) is 30.0 Å². The number of esters is 2. The molecule has 4 saturated heterocycles. The van der Waals surface area contributed by atoms with Crippen molar-refractivity contribution in [1.29, 1.82) is 0 Å². The lowest BCUT2D eigenvalue weighted by atomic mass is 9.40. The van der Waals surface area contributed by atoms with E-state index < -0.39 is 76.4 Å². The van der Waals surface area contributed by atoms with Crippen LogP contribution in [0.3, 0.4) is 0 Å². The molecule has 11 nitrogen and oxygen atoms in total. The number of aliphatic hydroxyl groups is 4. The van der Waals surface area contributed by atoms with Crippen molar-refractivity contribution in [1.82, 2.24) is 0 Å². The molecule has 3 aliphatic carbocycles. The molecule has 8 rings (SSSR count). The highest BCUT2D eigenvalue weighted by Gasteiger charge is 2.83. The first-order valence-electron chi connectivity index (χ1n) is 14.4. The van der Waals surface area contributed by atoms with Crippen molar-refractivity contribution in [2.45, 2.75) is 112 Å². The summed E-state index contributed by atoms with van der Waals surface area (Å²) in [5.41, 5.74) is -5.07. The highest BCUT2D eigenvalue weighted by molar-refractivity contribution is 5.83. The van der Waals surface area contributed by atoms with Crippen LogP contribution in [0.1, 0.15) is 58.8 Å². The van der Waals surface area contributed by atoms with E-state index in [0.717, 1.165) is 0 Å². The minimum Gasteiger partial charge on any atom is -0.462 e. The molecule has 12 unspecified atom stereocenters. The molecule has 4 N–H and O–H groups in total. The first-order valence-corrected chi connectivity index (χ1v) is 14.4. The molecule has 3 saturated carbocycles. The third-order valence-electron chi connectivity index (χ3n) is 11.7. The van der Waals surface area contributed by atoms with Gasteiger partial charge in [0.25, 0.3) is 0 Å². The molecule has 0 aromatic rings. The van der Waals surface area contributed by atoms with Gasteiger partial charge in [-0.25, -0.2) is 9.59 Å². The summed E-state index contributed by atoms with van der Waals surface area (Å²) in [6.07, 6.45) is 1.20. The number of carbonyl (C=O) groups excluding carboxylic acids is 2. The normalized spacial score (nSPS) is 55.4. The van der Waals surface area contributed by atoms with Crippen LogP contribution in [0.15, 0.2) is 23.8 Å². The molecule has 11 heteroatoms. The quantitative estimate of drug-likeness (QED) is 0.303. The molecule has 7 fully saturated rings. The number of hydrogen-bond acceptors (Lipinski definition) is 11. The van der Waals surface area contributed by atoms with E-state index in [1.807, 2.05) is 6.92 Å². The molecule has 5 aliphatic heterocycles. The van der Waals surface area contributed by atoms with Crippen molar-refractivity contribution in [2.24, 2.45) is 16.7 Å². The Labute approximate surface area is 232 Å². The molecular formula is C29H38O11. The number of aliphatic hydroxyl groups excluding tert-OH is 2. The summed E-state index contributed by atoms with van der Waals surface area (Å²) in [5, 5.41) is 44.7. The van der Waals surface area contributed by atoms with Gasteiger partial charge in [0, 0.05) is 35.3 Å². The lowest BCUT2D eigenvalue weighted by molar-refractivity contribution is -0.377. The van der Waals surface area contributed by atoms with Gasteiger partial charge in [0.05, 0.1) is 24.4 Å². The van der Waals surface area contributed by atoms with Gasteiger partial charge in [0.15, 0.2) is 6.29 Å². The van der Waals surface area contributed by atoms with Gasteiger partial charge in [-0.3, -0.25) is 0 Å². The van der Waals surface area contributed by atoms with Crippen molar-refractivity contribution in [3.8, 4) is 0 Å². The number of cyclic esters (lactones) is 1. The topological polar surface area (TPSA) is 161 Å². The summed E-state index contributed by atoms with van der Waals surface area (Å²) in [4.78, 5) is 26.4. The number of rotatable bonds is 0. The van der Waals surface area contributed by atoms with Crippen LogP contribution in [0.4, 0.5) is 0 Å². The van der Waals surface area contributed by atoms with E-state index >= 15 is 0 Å². The predicted molar refractivity (Wildman–Crippen MR) is 134 cm³/mol. The Morgan fingerprint density at radius 2 is 1.80 bits per heavy atom. The fraction of sp³-hybridized carbons (Fsp3) is 0.793. The molecule has 5 heterocycles. The fourth-order valence-corrected chi connectivity index (χ4v) is 9.44. The van der Waals surface area contributed by atoms with Crippen LogP contribution < -0.4 is 0 Å². The maximum atomic E-state index is 13.3. The zero-order chi connectivity index (χ0) is 28.3. The molecule has 8 bridgehead atoms. The molecular weight excluding hydrogens is 524 g/mol. The summed E-state index contributed by atoms with van der Waals surface area (Å²) < 4.78 is 30.1. The smallest absolute Gasteiger partial charge is 0.330 e. The Balaban J connectivity index is 1.30. The second-order valence-corrected chi connectivity index (χ2v) is 13.3. The molecule has 1 spiro atoms. The Morgan fingerprint density at radius 3 is 2.60 bits per heavy atom. The number of allylic oxidation sites excluding steroid dienone is 1. The predicted octanol–water partition coefficient (Wildman–Crippen LogP) is 0.415. The van der Waals surface area contributed by atoms with Crippen molar-refractivity contribution in [3.63, 3.8) is 0 Å². The van der Waals surface area contributed by atoms with Crippen LogP contribution in [0.2, 0.25) is 0 Å². The zero-order valence-electron chi connectivity index (χ0n) is 22.8. The van der Waals surface area contributed by atoms with Gasteiger partial charge >= 0.3 is 11.9 Å². The molecule has 220 valence electrons. The van der Waals surface area contributed by atoms with Crippen LogP contribution in [0.5, 0.6) is 0 Å². The van der Waals surface area contributed by atoms with Crippen molar-refractivity contribution in [3.05, 3.63) is 23.8 Å². The fourth-order valence-electron chi connectivity index (χ4n) is 9.44. The first-order chi connectivity index (χ1) is 18.9. The highest BCUT2D eigenvalue weighted by atomic mass is 16.7. The van der Waals surface area contributed by atoms with Crippen LogP contribution >= 0.6 is 0 Å². The average molecular weight is 563 g/mol. The Morgan fingerprint density at radius 1 is 1.00 bits per heavy atom. The minimum absolute atomic E-state index is 0.0965. The lowest BCUT2D eigenvalue weighted by Crippen LogP contribution is -2.80. The van der Waals surface area contributed by atoms with Crippen LogP contribution in [-0.4, -0.2) is 99.2 Å². The summed E-state index contributed by atoms with van der Waals surface area (Å²) in [7, 11) is 0. The monoisotopic (exact) mass is 562 g/mol. The second kappa shape index (κ2) is 8.59.